The maximum atomic E-state index is 10.1. The molecule has 3 nitrogen and oxygen atoms in total. The Morgan fingerprint density at radius 1 is 2.00 bits per heavy atom. The first-order chi connectivity index (χ1) is 3.18. The highest BCUT2D eigenvalue weighted by atomic mass is 16.7. The fourth-order valence-electron chi connectivity index (χ4n) is 0.101. The lowest BCUT2D eigenvalue weighted by Crippen LogP contribution is -2.09. The number of rotatable bonds is 1. The molecule has 0 aliphatic rings. The summed E-state index contributed by atoms with van der Waals surface area (Å²) in [5.74, 6) is 3.89. The minimum Gasteiger partial charge on any atom is -0.370 e. The second-order valence-corrected chi connectivity index (χ2v) is 1.19. The molecule has 7 heavy (non-hydrogen) atoms. The Labute approximate surface area is 43.2 Å². The molecular formula is C4H9NO2. The fraction of sp³-hybridized carbons (Fsp3) is 0.250. The summed E-state index contributed by atoms with van der Waals surface area (Å²) in [6, 6.07) is 0. The SMILES string of the molecule is C=C(C)C(=O)ON.[HH]. The fourth-order valence-corrected chi connectivity index (χ4v) is 0.101. The molecule has 0 heterocycles. The molecule has 0 atom stereocenters. The van der Waals surface area contributed by atoms with Crippen LogP contribution in [0.2, 0.25) is 0 Å². The van der Waals surface area contributed by atoms with Crippen molar-refractivity contribution in [2.75, 3.05) is 0 Å². The van der Waals surface area contributed by atoms with Crippen LogP contribution in [0.5, 0.6) is 0 Å². The molecule has 0 radical (unpaired) electrons. The molecule has 0 aliphatic heterocycles. The summed E-state index contributed by atoms with van der Waals surface area (Å²) >= 11 is 0. The van der Waals surface area contributed by atoms with Crippen LogP contribution in [0.1, 0.15) is 8.35 Å². The molecule has 0 saturated carbocycles. The van der Waals surface area contributed by atoms with E-state index in [9.17, 15) is 4.79 Å². The number of hydrogen-bond acceptors (Lipinski definition) is 3. The smallest absolute Gasteiger partial charge is 0.351 e. The highest BCUT2D eigenvalue weighted by Gasteiger charge is 1.96. The van der Waals surface area contributed by atoms with Crippen molar-refractivity contribution in [2.24, 2.45) is 5.90 Å². The second-order valence-electron chi connectivity index (χ2n) is 1.19. The van der Waals surface area contributed by atoms with Crippen LogP contribution >= 0.6 is 0 Å². The van der Waals surface area contributed by atoms with E-state index in [-0.39, 0.29) is 1.43 Å². The average Bonchev–Trinajstić information content (AvgIpc) is 1.65. The van der Waals surface area contributed by atoms with Crippen molar-refractivity contribution in [1.29, 1.82) is 0 Å². The van der Waals surface area contributed by atoms with Gasteiger partial charge in [0, 0.05) is 7.00 Å². The Kier molecular flexibility index (Phi) is 2.08. The van der Waals surface area contributed by atoms with E-state index < -0.39 is 5.97 Å². The highest BCUT2D eigenvalue weighted by Crippen LogP contribution is 1.85. The van der Waals surface area contributed by atoms with E-state index in [1.165, 1.54) is 6.92 Å². The molecule has 0 aromatic rings. The van der Waals surface area contributed by atoms with Crippen LogP contribution in [-0.4, -0.2) is 5.97 Å². The molecule has 0 aromatic carbocycles. The molecule has 0 bridgehead atoms. The van der Waals surface area contributed by atoms with Crippen molar-refractivity contribution in [3.63, 3.8) is 0 Å². The third-order valence-electron chi connectivity index (χ3n) is 0.455. The van der Waals surface area contributed by atoms with E-state index >= 15 is 0 Å². The Morgan fingerprint density at radius 2 is 2.43 bits per heavy atom. The zero-order valence-electron chi connectivity index (χ0n) is 4.10. The summed E-state index contributed by atoms with van der Waals surface area (Å²) in [5, 5.41) is 0. The second kappa shape index (κ2) is 2.36. The van der Waals surface area contributed by atoms with E-state index in [1.807, 2.05) is 0 Å². The Balaban J connectivity index is 0. The minimum absolute atomic E-state index is 0. The van der Waals surface area contributed by atoms with E-state index in [4.69, 9.17) is 0 Å². The van der Waals surface area contributed by atoms with Crippen molar-refractivity contribution in [1.82, 2.24) is 0 Å². The predicted octanol–water partition coefficient (Wildman–Crippen LogP) is 0.225. The van der Waals surface area contributed by atoms with Gasteiger partial charge in [-0.1, -0.05) is 6.58 Å². The molecule has 0 fully saturated rings. The molecule has 0 spiro atoms. The molecule has 0 unspecified atom stereocenters. The number of carbonyl (C=O) groups excluding carboxylic acids is 1. The van der Waals surface area contributed by atoms with Crippen molar-refractivity contribution in [2.45, 2.75) is 6.92 Å². The predicted molar refractivity (Wildman–Crippen MR) is 27.2 cm³/mol. The summed E-state index contributed by atoms with van der Waals surface area (Å²) in [6.07, 6.45) is 0. The average molecular weight is 103 g/mol. The van der Waals surface area contributed by atoms with Crippen LogP contribution in [0, 0.1) is 0 Å². The maximum Gasteiger partial charge on any atom is 0.351 e. The molecule has 0 aromatic heterocycles. The summed E-state index contributed by atoms with van der Waals surface area (Å²) in [5.41, 5.74) is 0.308. The number of nitrogens with two attached hydrogens (primary N) is 1. The van der Waals surface area contributed by atoms with E-state index in [0.29, 0.717) is 5.57 Å². The van der Waals surface area contributed by atoms with Crippen LogP contribution in [0.15, 0.2) is 12.2 Å². The van der Waals surface area contributed by atoms with Crippen molar-refractivity contribution >= 4 is 5.97 Å². The van der Waals surface area contributed by atoms with Gasteiger partial charge in [0.05, 0.1) is 0 Å². The molecule has 0 saturated heterocycles. The quantitative estimate of drug-likeness (QED) is 0.381. The van der Waals surface area contributed by atoms with Crippen LogP contribution in [0.25, 0.3) is 0 Å². The Hall–Kier alpha value is -0.830. The normalized spacial score (nSPS) is 7.71. The Bertz CT molecular complexity index is 102. The molecule has 0 rings (SSSR count). The molecule has 42 valence electrons. The Morgan fingerprint density at radius 3 is 2.43 bits per heavy atom. The van der Waals surface area contributed by atoms with Crippen LogP contribution in [0.3, 0.4) is 0 Å². The van der Waals surface area contributed by atoms with Gasteiger partial charge in [-0.25, -0.2) is 4.79 Å². The largest absolute Gasteiger partial charge is 0.370 e. The molecule has 0 amide bonds. The number of carbonyl (C=O) groups is 1. The van der Waals surface area contributed by atoms with Crippen LogP contribution < -0.4 is 5.90 Å². The van der Waals surface area contributed by atoms with Gasteiger partial charge in [-0.05, 0) is 6.92 Å². The van der Waals surface area contributed by atoms with Gasteiger partial charge in [0.2, 0.25) is 0 Å². The van der Waals surface area contributed by atoms with E-state index in [1.54, 1.807) is 0 Å². The van der Waals surface area contributed by atoms with Crippen molar-refractivity contribution in [3.05, 3.63) is 12.2 Å². The lowest BCUT2D eigenvalue weighted by atomic mass is 10.4. The highest BCUT2D eigenvalue weighted by molar-refractivity contribution is 5.86. The molecule has 3 heteroatoms. The van der Waals surface area contributed by atoms with Crippen molar-refractivity contribution < 1.29 is 11.1 Å². The van der Waals surface area contributed by atoms with Gasteiger partial charge in [0.1, 0.15) is 0 Å². The van der Waals surface area contributed by atoms with Gasteiger partial charge in [-0.15, -0.1) is 0 Å². The molecule has 0 aliphatic carbocycles. The molecule has 2 N–H and O–H groups in total. The standard InChI is InChI=1S/C4H7NO2.H2/c1-3(2)4(6)7-5;/h1,5H2,2H3;1H. The lowest BCUT2D eigenvalue weighted by Gasteiger charge is -1.90. The minimum atomic E-state index is -0.569. The summed E-state index contributed by atoms with van der Waals surface area (Å²) in [6.45, 7) is 4.79. The van der Waals surface area contributed by atoms with Gasteiger partial charge in [0.25, 0.3) is 0 Å². The van der Waals surface area contributed by atoms with E-state index in [2.05, 4.69) is 17.3 Å². The third kappa shape index (κ3) is 1.94. The third-order valence-corrected chi connectivity index (χ3v) is 0.455. The van der Waals surface area contributed by atoms with Gasteiger partial charge in [-0.3, -0.25) is 0 Å². The first-order valence-electron chi connectivity index (χ1n) is 1.75. The van der Waals surface area contributed by atoms with Gasteiger partial charge >= 0.3 is 5.97 Å². The number of hydrogen-bond donors (Lipinski definition) is 1. The van der Waals surface area contributed by atoms with Crippen molar-refractivity contribution in [3.8, 4) is 0 Å². The summed E-state index contributed by atoms with van der Waals surface area (Å²) in [4.78, 5) is 13.8. The summed E-state index contributed by atoms with van der Waals surface area (Å²) < 4.78 is 0. The van der Waals surface area contributed by atoms with E-state index in [0.717, 1.165) is 0 Å². The maximum absolute atomic E-state index is 10.1. The van der Waals surface area contributed by atoms with Crippen LogP contribution in [0.4, 0.5) is 0 Å². The molecular weight excluding hydrogens is 94.0 g/mol. The topological polar surface area (TPSA) is 52.3 Å². The van der Waals surface area contributed by atoms with Gasteiger partial charge in [0.15, 0.2) is 0 Å². The summed E-state index contributed by atoms with van der Waals surface area (Å²) in [7, 11) is 0. The zero-order valence-corrected chi connectivity index (χ0v) is 4.10. The van der Waals surface area contributed by atoms with Crippen LogP contribution in [-0.2, 0) is 9.63 Å². The van der Waals surface area contributed by atoms with Gasteiger partial charge < -0.3 is 4.84 Å². The zero-order chi connectivity index (χ0) is 5.86. The lowest BCUT2D eigenvalue weighted by molar-refractivity contribution is -0.139. The first kappa shape index (κ1) is 6.17. The van der Waals surface area contributed by atoms with Gasteiger partial charge in [-0.2, -0.15) is 5.90 Å². The first-order valence-corrected chi connectivity index (χ1v) is 1.75. The monoisotopic (exact) mass is 103 g/mol.